The second-order valence-electron chi connectivity index (χ2n) is 7.21. The van der Waals surface area contributed by atoms with E-state index in [-0.39, 0.29) is 17.3 Å². The second-order valence-corrected chi connectivity index (χ2v) is 9.12. The Balaban J connectivity index is 1.78. The first-order chi connectivity index (χ1) is 15.8. The number of rotatable bonds is 7. The number of benzene rings is 1. The van der Waals surface area contributed by atoms with Gasteiger partial charge in [0, 0.05) is 42.5 Å². The van der Waals surface area contributed by atoms with Gasteiger partial charge in [-0.15, -0.1) is 0 Å². The summed E-state index contributed by atoms with van der Waals surface area (Å²) < 4.78 is 38.1. The van der Waals surface area contributed by atoms with Gasteiger partial charge < -0.3 is 14.0 Å². The smallest absolute Gasteiger partial charge is 0.250 e. The molecular formula is C22H21N5O5S. The molecule has 11 heteroatoms. The predicted molar refractivity (Wildman–Crippen MR) is 121 cm³/mol. The number of pyridine rings is 1. The molecule has 0 aliphatic carbocycles. The van der Waals surface area contributed by atoms with E-state index < -0.39 is 9.84 Å². The Morgan fingerprint density at radius 1 is 1.00 bits per heavy atom. The summed E-state index contributed by atoms with van der Waals surface area (Å²) in [5.41, 5.74) is 1.52. The fraction of sp³-hybridized carbons (Fsp3) is 0.182. The van der Waals surface area contributed by atoms with Crippen LogP contribution in [0.2, 0.25) is 0 Å². The maximum atomic E-state index is 12.5. The number of hydrogen-bond donors (Lipinski definition) is 0. The largest absolute Gasteiger partial charge is 0.493 e. The van der Waals surface area contributed by atoms with Crippen molar-refractivity contribution in [2.24, 2.45) is 0 Å². The standard InChI is InChI=1S/C22H21N5O5S/c1-31-18-6-4-15(10-19(18)32-2)12-27-13-16(5-7-21(27)28)17-11-20(26-9-8-23-14-26)25-22(24-17)33(3,29)30/h4-11,13-14H,12H2,1-3H3. The summed E-state index contributed by atoms with van der Waals surface area (Å²) in [7, 11) is -0.584. The summed E-state index contributed by atoms with van der Waals surface area (Å²) in [5.74, 6) is 1.48. The van der Waals surface area contributed by atoms with E-state index in [1.54, 1.807) is 61.6 Å². The topological polar surface area (TPSA) is 118 Å². The Bertz CT molecular complexity index is 1460. The molecule has 170 valence electrons. The normalized spacial score (nSPS) is 11.4. The molecule has 0 unspecified atom stereocenters. The van der Waals surface area contributed by atoms with Gasteiger partial charge in [0.15, 0.2) is 11.5 Å². The van der Waals surface area contributed by atoms with Crippen molar-refractivity contribution >= 4 is 9.84 Å². The number of sulfone groups is 1. The molecule has 0 spiro atoms. The monoisotopic (exact) mass is 467 g/mol. The van der Waals surface area contributed by atoms with Crippen LogP contribution in [0.1, 0.15) is 5.56 Å². The number of methoxy groups -OCH3 is 2. The van der Waals surface area contributed by atoms with Crippen LogP contribution in [0.5, 0.6) is 11.5 Å². The molecule has 0 aliphatic heterocycles. The second kappa shape index (κ2) is 8.87. The molecule has 0 saturated heterocycles. The molecule has 3 aromatic heterocycles. The van der Waals surface area contributed by atoms with Gasteiger partial charge >= 0.3 is 0 Å². The average molecular weight is 468 g/mol. The Hall–Kier alpha value is -3.99. The zero-order valence-electron chi connectivity index (χ0n) is 18.2. The minimum Gasteiger partial charge on any atom is -0.493 e. The van der Waals surface area contributed by atoms with Gasteiger partial charge in [0.25, 0.3) is 5.56 Å². The van der Waals surface area contributed by atoms with E-state index in [0.717, 1.165) is 11.8 Å². The lowest BCUT2D eigenvalue weighted by molar-refractivity contribution is 0.354. The molecule has 0 amide bonds. The SMILES string of the molecule is COc1ccc(Cn2cc(-c3cc(-n4ccnc4)nc(S(C)(=O)=O)n3)ccc2=O)cc1OC. The highest BCUT2D eigenvalue weighted by atomic mass is 32.2. The lowest BCUT2D eigenvalue weighted by Crippen LogP contribution is -2.19. The van der Waals surface area contributed by atoms with Gasteiger partial charge in [-0.25, -0.2) is 23.4 Å². The third-order valence-corrected chi connectivity index (χ3v) is 5.72. The Morgan fingerprint density at radius 2 is 1.79 bits per heavy atom. The molecule has 0 saturated carbocycles. The highest BCUT2D eigenvalue weighted by molar-refractivity contribution is 7.90. The van der Waals surface area contributed by atoms with Crippen molar-refractivity contribution in [1.29, 1.82) is 0 Å². The molecule has 10 nitrogen and oxygen atoms in total. The molecule has 4 rings (SSSR count). The third kappa shape index (κ3) is 4.77. The first-order valence-corrected chi connectivity index (χ1v) is 11.7. The van der Waals surface area contributed by atoms with Crippen LogP contribution in [0, 0.1) is 0 Å². The summed E-state index contributed by atoms with van der Waals surface area (Å²) in [6.07, 6.45) is 7.39. The van der Waals surface area contributed by atoms with Gasteiger partial charge in [0.05, 0.1) is 26.5 Å². The summed E-state index contributed by atoms with van der Waals surface area (Å²) in [6, 6.07) is 10.0. The van der Waals surface area contributed by atoms with Gasteiger partial charge in [-0.1, -0.05) is 6.07 Å². The quantitative estimate of drug-likeness (QED) is 0.379. The van der Waals surface area contributed by atoms with Crippen molar-refractivity contribution in [2.75, 3.05) is 20.5 Å². The van der Waals surface area contributed by atoms with E-state index in [1.807, 2.05) is 6.07 Å². The molecule has 0 bridgehead atoms. The van der Waals surface area contributed by atoms with E-state index in [9.17, 15) is 13.2 Å². The van der Waals surface area contributed by atoms with Crippen LogP contribution in [0.15, 0.2) is 71.3 Å². The van der Waals surface area contributed by atoms with Crippen LogP contribution in [0.3, 0.4) is 0 Å². The van der Waals surface area contributed by atoms with Gasteiger partial charge in [0.2, 0.25) is 15.0 Å². The summed E-state index contributed by atoms with van der Waals surface area (Å²) in [4.78, 5) is 24.9. The number of ether oxygens (including phenoxy) is 2. The van der Waals surface area contributed by atoms with Crippen LogP contribution in [-0.2, 0) is 16.4 Å². The maximum absolute atomic E-state index is 12.5. The summed E-state index contributed by atoms with van der Waals surface area (Å²) in [6.45, 7) is 0.269. The maximum Gasteiger partial charge on any atom is 0.250 e. The van der Waals surface area contributed by atoms with Gasteiger partial charge in [-0.2, -0.15) is 0 Å². The lowest BCUT2D eigenvalue weighted by Gasteiger charge is -2.12. The van der Waals surface area contributed by atoms with Gasteiger partial charge in [-0.05, 0) is 23.8 Å². The minimum atomic E-state index is -3.68. The first kappa shape index (κ1) is 22.2. The van der Waals surface area contributed by atoms with E-state index in [0.29, 0.717) is 28.6 Å². The van der Waals surface area contributed by atoms with Crippen molar-refractivity contribution < 1.29 is 17.9 Å². The number of aromatic nitrogens is 5. The van der Waals surface area contributed by atoms with Crippen LogP contribution in [0.25, 0.3) is 17.1 Å². The molecular weight excluding hydrogens is 446 g/mol. The van der Waals surface area contributed by atoms with Crippen LogP contribution in [-0.4, -0.2) is 53.0 Å². The summed E-state index contributed by atoms with van der Waals surface area (Å²) >= 11 is 0. The van der Waals surface area contributed by atoms with E-state index >= 15 is 0 Å². The highest BCUT2D eigenvalue weighted by Gasteiger charge is 2.17. The lowest BCUT2D eigenvalue weighted by atomic mass is 10.1. The third-order valence-electron chi connectivity index (χ3n) is 4.87. The highest BCUT2D eigenvalue weighted by Crippen LogP contribution is 2.28. The van der Waals surface area contributed by atoms with E-state index in [4.69, 9.17) is 9.47 Å². The van der Waals surface area contributed by atoms with Crippen molar-refractivity contribution in [3.63, 3.8) is 0 Å². The number of imidazole rings is 1. The molecule has 1 aromatic carbocycles. The Kier molecular flexibility index (Phi) is 5.97. The number of nitrogens with zero attached hydrogens (tertiary/aromatic N) is 5. The fourth-order valence-electron chi connectivity index (χ4n) is 3.24. The van der Waals surface area contributed by atoms with Gasteiger partial charge in [-0.3, -0.25) is 9.36 Å². The predicted octanol–water partition coefficient (Wildman–Crippen LogP) is 1.96. The molecule has 0 fully saturated rings. The first-order valence-electron chi connectivity index (χ1n) is 9.78. The summed E-state index contributed by atoms with van der Waals surface area (Å²) in [5, 5.41) is -0.318. The molecule has 0 radical (unpaired) electrons. The van der Waals surface area contributed by atoms with Crippen molar-refractivity contribution in [1.82, 2.24) is 24.1 Å². The zero-order chi connectivity index (χ0) is 23.6. The molecule has 4 aromatic rings. The Labute approximate surface area is 190 Å². The van der Waals surface area contributed by atoms with E-state index in [2.05, 4.69) is 15.0 Å². The molecule has 0 aliphatic rings. The van der Waals surface area contributed by atoms with Crippen LogP contribution in [0.4, 0.5) is 0 Å². The van der Waals surface area contributed by atoms with Gasteiger partial charge in [0.1, 0.15) is 12.1 Å². The molecule has 0 atom stereocenters. The zero-order valence-corrected chi connectivity index (χ0v) is 19.0. The van der Waals surface area contributed by atoms with Crippen LogP contribution < -0.4 is 15.0 Å². The molecule has 33 heavy (non-hydrogen) atoms. The van der Waals surface area contributed by atoms with Crippen molar-refractivity contribution in [3.05, 3.63) is 77.2 Å². The van der Waals surface area contributed by atoms with E-state index in [1.165, 1.54) is 17.0 Å². The van der Waals surface area contributed by atoms with Crippen molar-refractivity contribution in [3.8, 4) is 28.6 Å². The van der Waals surface area contributed by atoms with Crippen LogP contribution >= 0.6 is 0 Å². The minimum absolute atomic E-state index is 0.222. The molecule has 3 heterocycles. The molecule has 0 N–H and O–H groups in total. The fourth-order valence-corrected chi connectivity index (χ4v) is 3.76. The van der Waals surface area contributed by atoms with Crippen molar-refractivity contribution in [2.45, 2.75) is 11.7 Å². The average Bonchev–Trinajstić information content (AvgIpc) is 3.34. The Morgan fingerprint density at radius 3 is 2.45 bits per heavy atom. The number of hydrogen-bond acceptors (Lipinski definition) is 8.